The van der Waals surface area contributed by atoms with E-state index >= 15 is 0 Å². The lowest BCUT2D eigenvalue weighted by molar-refractivity contribution is -0.113. The normalized spacial score (nSPS) is 12.8. The van der Waals surface area contributed by atoms with Crippen LogP contribution < -0.4 is 0 Å². The first-order chi connectivity index (χ1) is 6.61. The van der Waals surface area contributed by atoms with Crippen molar-refractivity contribution in [3.05, 3.63) is 36.0 Å². The van der Waals surface area contributed by atoms with E-state index < -0.39 is 0 Å². The highest BCUT2D eigenvalue weighted by atomic mass is 16.1. The standard InChI is InChI=1S/C13H20O/c1-5-7-8-11(3)9-10-13(6-2)12(4)14/h6,9-10H,2,5,7-8H2,1,3-4H3/b11-9+,13-10+. The van der Waals surface area contributed by atoms with Crippen molar-refractivity contribution in [2.75, 3.05) is 0 Å². The molecule has 1 heteroatoms. The Bertz CT molecular complexity index is 256. The Hall–Kier alpha value is -1.11. The van der Waals surface area contributed by atoms with Gasteiger partial charge in [0.05, 0.1) is 0 Å². The monoisotopic (exact) mass is 192 g/mol. The summed E-state index contributed by atoms with van der Waals surface area (Å²) in [6.45, 7) is 9.43. The molecule has 0 aromatic heterocycles. The van der Waals surface area contributed by atoms with Gasteiger partial charge in [-0.05, 0) is 26.7 Å². The van der Waals surface area contributed by atoms with Crippen LogP contribution in [0.2, 0.25) is 0 Å². The molecule has 0 aromatic rings. The third-order valence-corrected chi connectivity index (χ3v) is 2.10. The minimum Gasteiger partial charge on any atom is -0.295 e. The van der Waals surface area contributed by atoms with Crippen LogP contribution in [0.5, 0.6) is 0 Å². The van der Waals surface area contributed by atoms with Gasteiger partial charge >= 0.3 is 0 Å². The van der Waals surface area contributed by atoms with Crippen molar-refractivity contribution in [2.45, 2.75) is 40.0 Å². The second-order valence-electron chi connectivity index (χ2n) is 3.50. The van der Waals surface area contributed by atoms with Gasteiger partial charge in [0.25, 0.3) is 0 Å². The van der Waals surface area contributed by atoms with E-state index in [1.165, 1.54) is 18.4 Å². The summed E-state index contributed by atoms with van der Waals surface area (Å²) in [6, 6.07) is 0. The molecule has 0 aliphatic carbocycles. The Balaban J connectivity index is 4.34. The van der Waals surface area contributed by atoms with E-state index in [4.69, 9.17) is 0 Å². The van der Waals surface area contributed by atoms with Gasteiger partial charge in [0, 0.05) is 5.57 Å². The SMILES string of the molecule is C=C/C(=C\C=C(/C)CCCC)C(C)=O. The Morgan fingerprint density at radius 1 is 1.29 bits per heavy atom. The molecule has 0 rings (SSSR count). The second kappa shape index (κ2) is 7.31. The number of carbonyl (C=O) groups is 1. The number of rotatable bonds is 6. The summed E-state index contributed by atoms with van der Waals surface area (Å²) in [5.74, 6) is 0.0690. The summed E-state index contributed by atoms with van der Waals surface area (Å²) in [5, 5.41) is 0. The summed E-state index contributed by atoms with van der Waals surface area (Å²) in [4.78, 5) is 11.0. The van der Waals surface area contributed by atoms with Crippen LogP contribution in [0.15, 0.2) is 36.0 Å². The maximum atomic E-state index is 11.0. The number of allylic oxidation sites excluding steroid dienone is 5. The average Bonchev–Trinajstić information content (AvgIpc) is 2.15. The summed E-state index contributed by atoms with van der Waals surface area (Å²) in [6.07, 6.45) is 8.98. The molecule has 0 bridgehead atoms. The lowest BCUT2D eigenvalue weighted by atomic mass is 10.1. The van der Waals surface area contributed by atoms with Gasteiger partial charge in [-0.15, -0.1) is 0 Å². The number of hydrogen-bond acceptors (Lipinski definition) is 1. The highest BCUT2D eigenvalue weighted by Gasteiger charge is 1.95. The van der Waals surface area contributed by atoms with Crippen LogP contribution in [0.25, 0.3) is 0 Å². The fourth-order valence-corrected chi connectivity index (χ4v) is 1.10. The quantitative estimate of drug-likeness (QED) is 0.462. The first kappa shape index (κ1) is 12.9. The van der Waals surface area contributed by atoms with Crippen molar-refractivity contribution in [2.24, 2.45) is 0 Å². The van der Waals surface area contributed by atoms with Crippen molar-refractivity contribution in [3.8, 4) is 0 Å². The molecule has 0 aliphatic heterocycles. The van der Waals surface area contributed by atoms with Crippen LogP contribution in [-0.4, -0.2) is 5.78 Å². The molecule has 0 spiro atoms. The maximum Gasteiger partial charge on any atom is 0.159 e. The van der Waals surface area contributed by atoms with E-state index in [0.717, 1.165) is 6.42 Å². The van der Waals surface area contributed by atoms with Gasteiger partial charge in [-0.25, -0.2) is 0 Å². The highest BCUT2D eigenvalue weighted by Crippen LogP contribution is 2.07. The predicted molar refractivity (Wildman–Crippen MR) is 62.2 cm³/mol. The molecule has 0 heterocycles. The molecular formula is C13H20O. The summed E-state index contributed by atoms with van der Waals surface area (Å²) < 4.78 is 0. The van der Waals surface area contributed by atoms with Crippen molar-refractivity contribution in [3.63, 3.8) is 0 Å². The van der Waals surface area contributed by atoms with Gasteiger partial charge in [-0.3, -0.25) is 4.79 Å². The fraction of sp³-hybridized carbons (Fsp3) is 0.462. The van der Waals surface area contributed by atoms with Crippen molar-refractivity contribution in [1.29, 1.82) is 0 Å². The molecule has 0 saturated heterocycles. The highest BCUT2D eigenvalue weighted by molar-refractivity contribution is 5.96. The second-order valence-corrected chi connectivity index (χ2v) is 3.50. The van der Waals surface area contributed by atoms with Gasteiger partial charge in [0.1, 0.15) is 0 Å². The Morgan fingerprint density at radius 2 is 1.93 bits per heavy atom. The third kappa shape index (κ3) is 5.52. The third-order valence-electron chi connectivity index (χ3n) is 2.10. The smallest absolute Gasteiger partial charge is 0.159 e. The van der Waals surface area contributed by atoms with Crippen LogP contribution in [0.3, 0.4) is 0 Å². The number of hydrogen-bond donors (Lipinski definition) is 0. The number of unbranched alkanes of at least 4 members (excludes halogenated alkanes) is 1. The van der Waals surface area contributed by atoms with Gasteiger partial charge in [-0.1, -0.05) is 43.7 Å². The summed E-state index contributed by atoms with van der Waals surface area (Å²) >= 11 is 0. The van der Waals surface area contributed by atoms with Gasteiger partial charge < -0.3 is 0 Å². The van der Waals surface area contributed by atoms with E-state index in [-0.39, 0.29) is 5.78 Å². The molecule has 0 N–H and O–H groups in total. The molecule has 0 radical (unpaired) electrons. The fourth-order valence-electron chi connectivity index (χ4n) is 1.10. The van der Waals surface area contributed by atoms with E-state index in [2.05, 4.69) is 20.4 Å². The number of ketones is 1. The Morgan fingerprint density at radius 3 is 2.36 bits per heavy atom. The minimum absolute atomic E-state index is 0.0690. The molecule has 0 unspecified atom stereocenters. The van der Waals surface area contributed by atoms with Crippen LogP contribution in [0.1, 0.15) is 40.0 Å². The van der Waals surface area contributed by atoms with Crippen LogP contribution in [0.4, 0.5) is 0 Å². The van der Waals surface area contributed by atoms with E-state index in [9.17, 15) is 4.79 Å². The van der Waals surface area contributed by atoms with E-state index in [0.29, 0.717) is 5.57 Å². The summed E-state index contributed by atoms with van der Waals surface area (Å²) in [5.41, 5.74) is 1.99. The number of carbonyl (C=O) groups excluding carboxylic acids is 1. The predicted octanol–water partition coefficient (Wildman–Crippen LogP) is 3.82. The number of Topliss-reactive ketones (excluding diaryl/α,β-unsaturated/α-hetero) is 1. The average molecular weight is 192 g/mol. The van der Waals surface area contributed by atoms with Crippen molar-refractivity contribution >= 4 is 5.78 Å². The summed E-state index contributed by atoms with van der Waals surface area (Å²) in [7, 11) is 0. The largest absolute Gasteiger partial charge is 0.295 e. The van der Waals surface area contributed by atoms with Crippen molar-refractivity contribution < 1.29 is 4.79 Å². The van der Waals surface area contributed by atoms with E-state index in [1.807, 2.05) is 12.2 Å². The molecule has 78 valence electrons. The molecule has 0 saturated carbocycles. The zero-order valence-electron chi connectivity index (χ0n) is 9.47. The van der Waals surface area contributed by atoms with E-state index in [1.54, 1.807) is 13.0 Å². The topological polar surface area (TPSA) is 17.1 Å². The first-order valence-electron chi connectivity index (χ1n) is 5.12. The van der Waals surface area contributed by atoms with Crippen molar-refractivity contribution in [1.82, 2.24) is 0 Å². The molecule has 1 nitrogen and oxygen atoms in total. The molecule has 0 fully saturated rings. The van der Waals surface area contributed by atoms with Gasteiger partial charge in [0.2, 0.25) is 0 Å². The van der Waals surface area contributed by atoms with Crippen LogP contribution >= 0.6 is 0 Å². The van der Waals surface area contributed by atoms with Crippen LogP contribution in [-0.2, 0) is 4.79 Å². The molecule has 14 heavy (non-hydrogen) atoms. The zero-order chi connectivity index (χ0) is 11.0. The van der Waals surface area contributed by atoms with Gasteiger partial charge in [0.15, 0.2) is 5.78 Å². The molecule has 0 aliphatic rings. The first-order valence-corrected chi connectivity index (χ1v) is 5.12. The van der Waals surface area contributed by atoms with Crippen LogP contribution in [0, 0.1) is 0 Å². The van der Waals surface area contributed by atoms with Gasteiger partial charge in [-0.2, -0.15) is 0 Å². The minimum atomic E-state index is 0.0690. The Labute approximate surface area is 87.2 Å². The molecule has 0 atom stereocenters. The maximum absolute atomic E-state index is 11.0. The lowest BCUT2D eigenvalue weighted by Gasteiger charge is -1.97. The Kier molecular flexibility index (Phi) is 6.73. The molecular weight excluding hydrogens is 172 g/mol. The lowest BCUT2D eigenvalue weighted by Crippen LogP contribution is -1.91. The molecule has 0 amide bonds. The molecule has 0 aromatic carbocycles. The zero-order valence-corrected chi connectivity index (χ0v) is 9.47.